The molecule has 1 saturated heterocycles. The van der Waals surface area contributed by atoms with Crippen LogP contribution in [-0.2, 0) is 16.2 Å². The van der Waals surface area contributed by atoms with Gasteiger partial charge in [0.2, 0.25) is 5.91 Å². The van der Waals surface area contributed by atoms with E-state index in [1.54, 1.807) is 37.3 Å². The zero-order valence-corrected chi connectivity index (χ0v) is 41.7. The number of aliphatic hydroxyl groups excluding tert-OH is 2. The van der Waals surface area contributed by atoms with Crippen LogP contribution in [0.15, 0.2) is 36.4 Å². The van der Waals surface area contributed by atoms with Gasteiger partial charge in [-0.25, -0.2) is 0 Å². The maximum atomic E-state index is 14.5. The van der Waals surface area contributed by atoms with Crippen LogP contribution >= 0.6 is 0 Å². The molecule has 0 aromatic heterocycles. The van der Waals surface area contributed by atoms with E-state index in [0.717, 1.165) is 19.3 Å². The molecule has 1 heterocycles. The predicted molar refractivity (Wildman–Crippen MR) is 254 cm³/mol. The van der Waals surface area contributed by atoms with Crippen molar-refractivity contribution >= 4 is 17.7 Å². The molecule has 6 rings (SSSR count). The molecule has 13 nitrogen and oxygen atoms in total. The van der Waals surface area contributed by atoms with Crippen LogP contribution in [0.2, 0.25) is 0 Å². The maximum absolute atomic E-state index is 14.5. The molecule has 3 amide bonds. The Kier molecular flexibility index (Phi) is 16.5. The predicted octanol–water partition coefficient (Wildman–Crippen LogP) is 6.22. The summed E-state index contributed by atoms with van der Waals surface area (Å²) in [6.07, 6.45) is 1.84. The zero-order chi connectivity index (χ0) is 47.6. The maximum Gasteiger partial charge on any atom is 0.251 e. The number of carbonyl (C=O) groups excluding carboxylic acids is 3. The fourth-order valence-electron chi connectivity index (χ4n) is 11.1. The summed E-state index contributed by atoms with van der Waals surface area (Å²) < 4.78 is 6.17. The van der Waals surface area contributed by atoms with Crippen molar-refractivity contribution < 1.29 is 34.2 Å². The lowest BCUT2D eigenvalue weighted by Crippen LogP contribution is -2.62. The number of rotatable bonds is 18. The second-order valence-electron chi connectivity index (χ2n) is 22.9. The van der Waals surface area contributed by atoms with Gasteiger partial charge in [-0.05, 0) is 119 Å². The molecule has 1 unspecified atom stereocenters. The minimum atomic E-state index is -0.942. The first-order valence-electron chi connectivity index (χ1n) is 23.5. The Morgan fingerprint density at radius 2 is 1.45 bits per heavy atom. The van der Waals surface area contributed by atoms with Gasteiger partial charge in [0, 0.05) is 59.4 Å². The summed E-state index contributed by atoms with van der Waals surface area (Å²) in [5.41, 5.74) is 2.79. The number of hydroxylamine groups is 2. The van der Waals surface area contributed by atoms with Crippen molar-refractivity contribution in [1.82, 2.24) is 30.8 Å². The number of likely N-dealkylation sites (N-methyl/N-ethyl adjacent to an activating group) is 2. The fraction of sp³-hybridized carbons (Fsp3) is 0.706. The van der Waals surface area contributed by atoms with E-state index in [1.807, 2.05) is 46.4 Å². The fourth-order valence-corrected chi connectivity index (χ4v) is 11.1. The Hall–Kier alpha value is -3.59. The van der Waals surface area contributed by atoms with E-state index in [1.165, 1.54) is 6.42 Å². The molecule has 13 heteroatoms. The van der Waals surface area contributed by atoms with Crippen molar-refractivity contribution in [3.05, 3.63) is 53.1 Å². The highest BCUT2D eigenvalue weighted by molar-refractivity contribution is 6.02. The third-order valence-electron chi connectivity index (χ3n) is 14.0. The summed E-state index contributed by atoms with van der Waals surface area (Å²) in [4.78, 5) is 53.6. The van der Waals surface area contributed by atoms with Crippen LogP contribution in [0, 0.1) is 39.9 Å². The van der Waals surface area contributed by atoms with Gasteiger partial charge in [0.15, 0.2) is 0 Å². The number of aliphatic hydroxyl groups is 2. The highest BCUT2D eigenvalue weighted by Gasteiger charge is 2.57. The largest absolute Gasteiger partial charge is 0.496 e. The first-order valence-corrected chi connectivity index (χ1v) is 23.5. The molecule has 2 bridgehead atoms. The van der Waals surface area contributed by atoms with Gasteiger partial charge in [-0.2, -0.15) is 5.06 Å². The molecule has 0 radical (unpaired) electrons. The minimum absolute atomic E-state index is 0.000865. The normalized spacial score (nSPS) is 26.0. The van der Waals surface area contributed by atoms with Crippen LogP contribution in [0.3, 0.4) is 0 Å². The van der Waals surface area contributed by atoms with Crippen LogP contribution in [0.5, 0.6) is 5.75 Å². The SMILES string of the molecule is COc1c(CN2O[C@@H](CO)[C@H]([C@H](C)O)[C@H]2C(=O)N[C@H]2C[C@H]3C[C@@H]([C@@H]2C)C3(C)C)cccc1-c1cc(C(=O)NC(CN(C)C)CC(C)(C)C)cc(C(=O)N[C@H](CN(C)C)CC(C)(C)C)c1. The monoisotopic (exact) mass is 891 g/mol. The van der Waals surface area contributed by atoms with Crippen molar-refractivity contribution in [2.75, 3.05) is 55.0 Å². The number of fused-ring (bicyclic) bond motifs is 2. The molecular weight excluding hydrogens is 809 g/mol. The molecule has 2 aromatic rings. The van der Waals surface area contributed by atoms with Gasteiger partial charge >= 0.3 is 0 Å². The van der Waals surface area contributed by atoms with Gasteiger partial charge < -0.3 is 40.7 Å². The van der Waals surface area contributed by atoms with Crippen molar-refractivity contribution in [3.8, 4) is 16.9 Å². The number of methoxy groups -OCH3 is 1. The summed E-state index contributed by atoms with van der Waals surface area (Å²) in [7, 11) is 9.53. The first-order chi connectivity index (χ1) is 29.7. The lowest BCUT2D eigenvalue weighted by Gasteiger charge is -2.62. The average molecular weight is 891 g/mol. The lowest BCUT2D eigenvalue weighted by molar-refractivity contribution is -0.183. The third kappa shape index (κ3) is 12.4. The molecule has 3 aliphatic carbocycles. The topological polar surface area (TPSA) is 156 Å². The van der Waals surface area contributed by atoms with E-state index >= 15 is 0 Å². The number of benzene rings is 2. The van der Waals surface area contributed by atoms with Gasteiger partial charge in [0.05, 0.1) is 26.4 Å². The van der Waals surface area contributed by atoms with Crippen LogP contribution in [-0.4, -0.2) is 134 Å². The molecule has 358 valence electrons. The van der Waals surface area contributed by atoms with Gasteiger partial charge in [-0.3, -0.25) is 19.2 Å². The van der Waals surface area contributed by atoms with Gasteiger partial charge in [0.1, 0.15) is 17.9 Å². The Balaban J connectivity index is 1.53. The molecule has 0 spiro atoms. The van der Waals surface area contributed by atoms with Crippen molar-refractivity contribution in [2.24, 2.45) is 39.9 Å². The summed E-state index contributed by atoms with van der Waals surface area (Å²) in [5, 5.41) is 33.1. The second kappa shape index (κ2) is 20.5. The van der Waals surface area contributed by atoms with Gasteiger partial charge in [-0.15, -0.1) is 0 Å². The van der Waals surface area contributed by atoms with Crippen LogP contribution < -0.4 is 20.7 Å². The summed E-state index contributed by atoms with van der Waals surface area (Å²) >= 11 is 0. The number of hydrogen-bond acceptors (Lipinski definition) is 10. The Morgan fingerprint density at radius 3 is 1.89 bits per heavy atom. The van der Waals surface area contributed by atoms with Crippen molar-refractivity contribution in [3.63, 3.8) is 0 Å². The number of nitrogens with one attached hydrogen (secondary N) is 3. The van der Waals surface area contributed by atoms with Crippen molar-refractivity contribution in [2.45, 2.75) is 138 Å². The summed E-state index contributed by atoms with van der Waals surface area (Å²) in [6, 6.07) is 9.76. The number of amides is 3. The van der Waals surface area contributed by atoms with Gasteiger partial charge in [-0.1, -0.05) is 80.5 Å². The van der Waals surface area contributed by atoms with Gasteiger partial charge in [0.25, 0.3) is 11.8 Å². The first kappa shape index (κ1) is 51.4. The van der Waals surface area contributed by atoms with E-state index in [9.17, 15) is 24.6 Å². The highest BCUT2D eigenvalue weighted by atomic mass is 16.7. The van der Waals surface area contributed by atoms with E-state index in [0.29, 0.717) is 64.4 Å². The number of ether oxygens (including phenoxy) is 1. The standard InChI is InChI=1S/C51H82N6O7/c1-30-40-22-36(51(40,9)10)23-41(30)54-48(62)44-43(31(2)59)42(29-58)64-57(44)26-32-17-16-18-39(45(32)63-15)33-19-34(46(60)52-37(27-55(11)12)24-49(3,4)5)21-35(20-33)47(61)53-38(28-56(13)14)25-50(6,7)8/h16-21,30-31,36-38,40-44,58-59H,22-29H2,1-15H3,(H,52,60)(H,53,61)(H,54,62)/t30-,31-,36+,37-,38?,40-,41-,42-,43-,44-/m0/s1. The molecule has 4 aliphatic rings. The average Bonchev–Trinajstić information content (AvgIpc) is 3.54. The summed E-state index contributed by atoms with van der Waals surface area (Å²) in [5.74, 6) is 0.359. The quantitative estimate of drug-likeness (QED) is 0.117. The van der Waals surface area contributed by atoms with Crippen LogP contribution in [0.25, 0.3) is 11.1 Å². The molecule has 1 aliphatic heterocycles. The molecule has 10 atom stereocenters. The van der Waals surface area contributed by atoms with E-state index in [4.69, 9.17) is 9.57 Å². The lowest BCUT2D eigenvalue weighted by atomic mass is 9.45. The molecule has 64 heavy (non-hydrogen) atoms. The molecule has 3 saturated carbocycles. The Bertz CT molecular complexity index is 1870. The number of hydrogen-bond donors (Lipinski definition) is 5. The van der Waals surface area contributed by atoms with E-state index in [2.05, 4.69) is 88.1 Å². The minimum Gasteiger partial charge on any atom is -0.496 e. The highest BCUT2D eigenvalue weighted by Crippen LogP contribution is 2.61. The van der Waals surface area contributed by atoms with E-state index < -0.39 is 24.2 Å². The Labute approximate surface area is 384 Å². The van der Waals surface area contributed by atoms with Crippen molar-refractivity contribution in [1.29, 1.82) is 0 Å². The summed E-state index contributed by atoms with van der Waals surface area (Å²) in [6.45, 7) is 22.5. The molecule has 5 N–H and O–H groups in total. The number of carbonyl (C=O) groups is 3. The second-order valence-corrected chi connectivity index (χ2v) is 22.9. The number of para-hydroxylation sites is 1. The van der Waals surface area contributed by atoms with Crippen LogP contribution in [0.1, 0.15) is 121 Å². The van der Waals surface area contributed by atoms with E-state index in [-0.39, 0.29) is 65.2 Å². The molecule has 4 fully saturated rings. The smallest absolute Gasteiger partial charge is 0.251 e. The number of nitrogens with zero attached hydrogens (tertiary/aromatic N) is 3. The molecular formula is C51H82N6O7. The van der Waals surface area contributed by atoms with Crippen LogP contribution in [0.4, 0.5) is 0 Å². The Morgan fingerprint density at radius 1 is 0.906 bits per heavy atom. The zero-order valence-electron chi connectivity index (χ0n) is 41.7. The molecule has 2 aromatic carbocycles. The third-order valence-corrected chi connectivity index (χ3v) is 14.0.